The molecule has 0 atom stereocenters. The van der Waals surface area contributed by atoms with Crippen molar-refractivity contribution in [1.29, 1.82) is 0 Å². The van der Waals surface area contributed by atoms with Crippen molar-refractivity contribution < 1.29 is 13.2 Å². The van der Waals surface area contributed by atoms with Crippen LogP contribution in [-0.2, 0) is 6.54 Å². The highest BCUT2D eigenvalue weighted by molar-refractivity contribution is 8.00. The van der Waals surface area contributed by atoms with Gasteiger partial charge in [0.05, 0.1) is 0 Å². The number of benzene rings is 1. The summed E-state index contributed by atoms with van der Waals surface area (Å²) in [5.74, 6) is 0. The number of alkyl halides is 3. The number of H-pyrrole nitrogens is 1. The molecule has 0 aliphatic heterocycles. The van der Waals surface area contributed by atoms with Gasteiger partial charge in [-0.05, 0) is 47.7 Å². The molecular weight excluding hydrogens is 261 g/mol. The SMILES string of the molecule is FC(F)(F)Sc1ccc(NCc2cc[nH]c2)cc1. The number of nitrogens with one attached hydrogen (secondary N) is 2. The predicted octanol–water partition coefficient (Wildman–Crippen LogP) is 4.24. The van der Waals surface area contributed by atoms with Gasteiger partial charge >= 0.3 is 5.51 Å². The van der Waals surface area contributed by atoms with E-state index in [1.807, 2.05) is 18.5 Å². The Morgan fingerprint density at radius 3 is 2.39 bits per heavy atom. The van der Waals surface area contributed by atoms with Crippen LogP contribution in [0.3, 0.4) is 0 Å². The molecular formula is C12H11F3N2S. The Labute approximate surface area is 107 Å². The molecule has 0 aliphatic carbocycles. The molecule has 1 aromatic carbocycles. The first-order valence-corrected chi connectivity index (χ1v) is 6.06. The summed E-state index contributed by atoms with van der Waals surface area (Å²) in [5.41, 5.74) is -2.36. The average Bonchev–Trinajstić information content (AvgIpc) is 2.79. The maximum Gasteiger partial charge on any atom is 0.446 e. The molecule has 0 saturated carbocycles. The first kappa shape index (κ1) is 12.9. The quantitative estimate of drug-likeness (QED) is 0.815. The molecule has 0 radical (unpaired) electrons. The predicted molar refractivity (Wildman–Crippen MR) is 66.5 cm³/mol. The number of hydrogen-bond acceptors (Lipinski definition) is 2. The fourth-order valence-corrected chi connectivity index (χ4v) is 1.99. The van der Waals surface area contributed by atoms with Crippen LogP contribution in [0.5, 0.6) is 0 Å². The number of aromatic nitrogens is 1. The van der Waals surface area contributed by atoms with E-state index in [2.05, 4.69) is 10.3 Å². The largest absolute Gasteiger partial charge is 0.446 e. The second kappa shape index (κ2) is 5.39. The van der Waals surface area contributed by atoms with Gasteiger partial charge < -0.3 is 10.3 Å². The number of anilines is 1. The molecule has 0 saturated heterocycles. The minimum absolute atomic E-state index is 0.107. The van der Waals surface area contributed by atoms with Crippen molar-refractivity contribution in [2.45, 2.75) is 16.9 Å². The topological polar surface area (TPSA) is 27.8 Å². The van der Waals surface area contributed by atoms with Crippen LogP contribution >= 0.6 is 11.8 Å². The van der Waals surface area contributed by atoms with Gasteiger partial charge in [-0.2, -0.15) is 13.2 Å². The highest BCUT2D eigenvalue weighted by Crippen LogP contribution is 2.37. The fraction of sp³-hybridized carbons (Fsp3) is 0.167. The van der Waals surface area contributed by atoms with Gasteiger partial charge in [0.1, 0.15) is 0 Å². The van der Waals surface area contributed by atoms with Crippen LogP contribution in [0.2, 0.25) is 0 Å². The van der Waals surface area contributed by atoms with Gasteiger partial charge in [0, 0.05) is 29.5 Å². The smallest absolute Gasteiger partial charge is 0.381 e. The van der Waals surface area contributed by atoms with E-state index >= 15 is 0 Å². The van der Waals surface area contributed by atoms with Gasteiger partial charge in [-0.25, -0.2) is 0 Å². The lowest BCUT2D eigenvalue weighted by Gasteiger charge is -2.08. The molecule has 0 amide bonds. The maximum atomic E-state index is 12.1. The number of rotatable bonds is 4. The Morgan fingerprint density at radius 2 is 1.83 bits per heavy atom. The molecule has 6 heteroatoms. The van der Waals surface area contributed by atoms with E-state index in [1.165, 1.54) is 12.1 Å². The van der Waals surface area contributed by atoms with Crippen LogP contribution < -0.4 is 5.32 Å². The van der Waals surface area contributed by atoms with E-state index in [9.17, 15) is 13.2 Å². The Bertz CT molecular complexity index is 477. The third kappa shape index (κ3) is 4.03. The van der Waals surface area contributed by atoms with Gasteiger partial charge in [0.25, 0.3) is 0 Å². The molecule has 1 aromatic heterocycles. The Kier molecular flexibility index (Phi) is 3.86. The molecule has 0 unspecified atom stereocenters. The van der Waals surface area contributed by atoms with Crippen LogP contribution in [0.4, 0.5) is 18.9 Å². The standard InChI is InChI=1S/C12H11F3N2S/c13-12(14,15)18-11-3-1-10(2-4-11)17-8-9-5-6-16-7-9/h1-7,16-17H,8H2. The molecule has 2 N–H and O–H groups in total. The molecule has 0 bridgehead atoms. The zero-order chi connectivity index (χ0) is 13.0. The Hall–Kier alpha value is -1.56. The number of halogens is 3. The van der Waals surface area contributed by atoms with Gasteiger partial charge in [-0.1, -0.05) is 0 Å². The summed E-state index contributed by atoms with van der Waals surface area (Å²) in [5, 5.41) is 3.13. The van der Waals surface area contributed by atoms with Crippen LogP contribution in [0.25, 0.3) is 0 Å². The van der Waals surface area contributed by atoms with Gasteiger partial charge in [-0.15, -0.1) is 0 Å². The van der Waals surface area contributed by atoms with Gasteiger partial charge in [0.15, 0.2) is 0 Å². The molecule has 0 aliphatic rings. The molecule has 0 fully saturated rings. The van der Waals surface area contributed by atoms with Crippen LogP contribution in [0.15, 0.2) is 47.6 Å². The van der Waals surface area contributed by atoms with Crippen LogP contribution in [0, 0.1) is 0 Å². The Morgan fingerprint density at radius 1 is 1.11 bits per heavy atom. The lowest BCUT2D eigenvalue weighted by molar-refractivity contribution is -0.0328. The fourth-order valence-electron chi connectivity index (χ4n) is 1.45. The molecule has 0 spiro atoms. The lowest BCUT2D eigenvalue weighted by Crippen LogP contribution is -2.00. The molecule has 2 nitrogen and oxygen atoms in total. The van der Waals surface area contributed by atoms with E-state index in [1.54, 1.807) is 12.1 Å². The minimum Gasteiger partial charge on any atom is -0.381 e. The number of thioether (sulfide) groups is 1. The summed E-state index contributed by atoms with van der Waals surface area (Å²) in [6, 6.07) is 8.12. The summed E-state index contributed by atoms with van der Waals surface area (Å²) in [7, 11) is 0. The molecule has 2 rings (SSSR count). The summed E-state index contributed by atoms with van der Waals surface area (Å²) in [6.07, 6.45) is 3.68. The van der Waals surface area contributed by atoms with Crippen molar-refractivity contribution in [3.63, 3.8) is 0 Å². The van der Waals surface area contributed by atoms with Crippen molar-refractivity contribution in [1.82, 2.24) is 4.98 Å². The normalized spacial score (nSPS) is 11.5. The van der Waals surface area contributed by atoms with Crippen molar-refractivity contribution in [3.8, 4) is 0 Å². The minimum atomic E-state index is -4.24. The van der Waals surface area contributed by atoms with Gasteiger partial charge in [0.2, 0.25) is 0 Å². The molecule has 96 valence electrons. The third-order valence-corrected chi connectivity index (χ3v) is 2.99. The van der Waals surface area contributed by atoms with E-state index < -0.39 is 5.51 Å². The summed E-state index contributed by atoms with van der Waals surface area (Å²) >= 11 is -0.107. The first-order chi connectivity index (χ1) is 8.53. The molecule has 2 aromatic rings. The zero-order valence-electron chi connectivity index (χ0n) is 9.29. The second-order valence-electron chi connectivity index (χ2n) is 3.64. The first-order valence-electron chi connectivity index (χ1n) is 5.24. The van der Waals surface area contributed by atoms with Crippen LogP contribution in [-0.4, -0.2) is 10.5 Å². The monoisotopic (exact) mass is 272 g/mol. The van der Waals surface area contributed by atoms with Crippen molar-refractivity contribution >= 4 is 17.4 Å². The zero-order valence-corrected chi connectivity index (χ0v) is 10.1. The van der Waals surface area contributed by atoms with E-state index in [0.717, 1.165) is 11.3 Å². The Balaban J connectivity index is 1.91. The average molecular weight is 272 g/mol. The summed E-state index contributed by atoms with van der Waals surface area (Å²) in [6.45, 7) is 0.634. The number of aromatic amines is 1. The summed E-state index contributed by atoms with van der Waals surface area (Å²) in [4.78, 5) is 3.12. The molecule has 18 heavy (non-hydrogen) atoms. The number of hydrogen-bond donors (Lipinski definition) is 2. The van der Waals surface area contributed by atoms with E-state index in [4.69, 9.17) is 0 Å². The third-order valence-electron chi connectivity index (χ3n) is 2.25. The summed E-state index contributed by atoms with van der Waals surface area (Å²) < 4.78 is 36.4. The van der Waals surface area contributed by atoms with Crippen LogP contribution in [0.1, 0.15) is 5.56 Å². The highest BCUT2D eigenvalue weighted by atomic mass is 32.2. The van der Waals surface area contributed by atoms with Crippen molar-refractivity contribution in [2.75, 3.05) is 5.32 Å². The highest BCUT2D eigenvalue weighted by Gasteiger charge is 2.28. The van der Waals surface area contributed by atoms with E-state index in [-0.39, 0.29) is 16.7 Å². The van der Waals surface area contributed by atoms with Crippen molar-refractivity contribution in [2.24, 2.45) is 0 Å². The molecule has 1 heterocycles. The lowest BCUT2D eigenvalue weighted by atomic mass is 10.3. The second-order valence-corrected chi connectivity index (χ2v) is 4.78. The van der Waals surface area contributed by atoms with Crippen molar-refractivity contribution in [3.05, 3.63) is 48.3 Å². The maximum absolute atomic E-state index is 12.1. The van der Waals surface area contributed by atoms with E-state index in [0.29, 0.717) is 6.54 Å². The van der Waals surface area contributed by atoms with Gasteiger partial charge in [-0.3, -0.25) is 0 Å².